The summed E-state index contributed by atoms with van der Waals surface area (Å²) in [5.74, 6) is 3.16. The molecule has 2 aromatic heterocycles. The van der Waals surface area contributed by atoms with Crippen LogP contribution >= 0.6 is 11.6 Å². The van der Waals surface area contributed by atoms with Gasteiger partial charge in [-0.2, -0.15) is 9.97 Å². The molecule has 0 spiro atoms. The number of benzene rings is 1. The Bertz CT molecular complexity index is 2070. The predicted molar refractivity (Wildman–Crippen MR) is 229 cm³/mol. The minimum Gasteiger partial charge on any atom is -0.375 e. The third-order valence-corrected chi connectivity index (χ3v) is 14.6. The lowest BCUT2D eigenvalue weighted by molar-refractivity contribution is -0.132. The van der Waals surface area contributed by atoms with Gasteiger partial charge in [0, 0.05) is 109 Å². The number of hydrogen-bond acceptors (Lipinski definition) is 13. The minimum absolute atomic E-state index is 0. The van der Waals surface area contributed by atoms with E-state index in [0.717, 1.165) is 50.2 Å². The maximum atomic E-state index is 12.8. The summed E-state index contributed by atoms with van der Waals surface area (Å²) in [6, 6.07) is 10.5. The lowest BCUT2D eigenvalue weighted by Gasteiger charge is -2.42. The van der Waals surface area contributed by atoms with Gasteiger partial charge in [0.15, 0.2) is 0 Å². The number of methoxy groups -OCH3 is 1. The molecule has 5 aliphatic rings. The van der Waals surface area contributed by atoms with Crippen molar-refractivity contribution in [3.05, 3.63) is 52.6 Å². The summed E-state index contributed by atoms with van der Waals surface area (Å²) >= 11 is 5.92. The number of amides is 3. The van der Waals surface area contributed by atoms with E-state index in [0.29, 0.717) is 84.2 Å². The van der Waals surface area contributed by atoms with E-state index in [-0.39, 0.29) is 54.5 Å². The molecule has 0 saturated carbocycles. The molecule has 0 bridgehead atoms. The fourth-order valence-corrected chi connectivity index (χ4v) is 11.1. The molecule has 3 aromatic rings. The van der Waals surface area contributed by atoms with Gasteiger partial charge in [0.05, 0.1) is 33.0 Å². The number of aryl methyl sites for hydroxylation is 2. The smallest absolute Gasteiger partial charge is 0.246 e. The number of likely N-dealkylation sites (tertiary alicyclic amines) is 2. The van der Waals surface area contributed by atoms with E-state index in [4.69, 9.17) is 26.3 Å². The van der Waals surface area contributed by atoms with E-state index in [1.807, 2.05) is 25.2 Å². The number of halogens is 1. The topological polar surface area (TPSA) is 192 Å². The highest BCUT2D eigenvalue weighted by atomic mass is 35.5. The highest BCUT2D eigenvalue weighted by Crippen LogP contribution is 2.38. The van der Waals surface area contributed by atoms with Gasteiger partial charge in [-0.3, -0.25) is 22.8 Å². The van der Waals surface area contributed by atoms with E-state index in [1.54, 1.807) is 16.8 Å². The quantitative estimate of drug-likeness (QED) is 0.253. The van der Waals surface area contributed by atoms with Gasteiger partial charge in [-0.05, 0) is 42.8 Å². The van der Waals surface area contributed by atoms with Crippen LogP contribution in [0, 0.1) is 0 Å². The Morgan fingerprint density at radius 3 is 1.92 bits per heavy atom. The molecule has 2 unspecified atom stereocenters. The Kier molecular flexibility index (Phi) is 14.6. The van der Waals surface area contributed by atoms with Crippen LogP contribution in [-0.4, -0.2) is 140 Å². The maximum absolute atomic E-state index is 12.8. The Labute approximate surface area is 355 Å². The lowest BCUT2D eigenvalue weighted by atomic mass is 9.72. The van der Waals surface area contributed by atoms with Crippen molar-refractivity contribution >= 4 is 68.5 Å². The van der Waals surface area contributed by atoms with Gasteiger partial charge >= 0.3 is 0 Å². The van der Waals surface area contributed by atoms with Crippen LogP contribution in [0.4, 0.5) is 17.6 Å². The first kappa shape index (κ1) is 44.3. The number of hydrogen-bond donors (Lipinski definition) is 3. The van der Waals surface area contributed by atoms with Gasteiger partial charge in [-0.25, -0.2) is 9.97 Å². The number of aromatic nitrogens is 4. The number of anilines is 3. The predicted octanol–water partition coefficient (Wildman–Crippen LogP) is 2.94. The molecular formula is C40H55ClN10O6S2. The SMILES string of the molecule is C.CN1C[C@@H](Nc2nc(Cl)nc3c2S(=O)CC3)CCC1=O.COCC(=O)NCC1(c2ccccc2)CCN(c2nc3c(c(N[C@H]4CCC(=O)N(C)C4)n2)S(=O)CC3)CC1. The van der Waals surface area contributed by atoms with Gasteiger partial charge in [0.2, 0.25) is 29.0 Å². The van der Waals surface area contributed by atoms with Gasteiger partial charge in [0.1, 0.15) is 28.0 Å². The second-order valence-corrected chi connectivity index (χ2v) is 18.9. The Hall–Kier alpha value is -4.26. The molecule has 320 valence electrons. The number of nitrogens with one attached hydrogen (secondary N) is 3. The molecule has 7 heterocycles. The molecule has 16 nitrogen and oxygen atoms in total. The van der Waals surface area contributed by atoms with Crippen molar-refractivity contribution in [3.8, 4) is 0 Å². The lowest BCUT2D eigenvalue weighted by Crippen LogP contribution is -2.50. The zero-order valence-corrected chi connectivity index (χ0v) is 35.5. The molecule has 59 heavy (non-hydrogen) atoms. The number of nitrogens with zero attached hydrogens (tertiary/aromatic N) is 7. The molecule has 0 aliphatic carbocycles. The molecule has 19 heteroatoms. The summed E-state index contributed by atoms with van der Waals surface area (Å²) in [5, 5.41) is 10.0. The summed E-state index contributed by atoms with van der Waals surface area (Å²) in [6.07, 6.45) is 5.47. The third-order valence-electron chi connectivity index (χ3n) is 11.6. The number of piperidine rings is 3. The molecule has 5 aliphatic heterocycles. The molecule has 4 atom stereocenters. The first-order valence-electron chi connectivity index (χ1n) is 19.7. The van der Waals surface area contributed by atoms with Gasteiger partial charge < -0.3 is 35.4 Å². The summed E-state index contributed by atoms with van der Waals surface area (Å²) in [5.41, 5.74) is 2.63. The van der Waals surface area contributed by atoms with Crippen LogP contribution in [0.5, 0.6) is 0 Å². The van der Waals surface area contributed by atoms with Crippen molar-refractivity contribution in [2.75, 3.05) is 87.6 Å². The molecule has 3 fully saturated rings. The fourth-order valence-electron chi connectivity index (χ4n) is 8.28. The fraction of sp³-hybridized carbons (Fsp3) is 0.575. The maximum Gasteiger partial charge on any atom is 0.246 e. The first-order chi connectivity index (χ1) is 27.9. The minimum atomic E-state index is -1.13. The number of likely N-dealkylation sites (N-methyl/N-ethyl adjacent to an activating group) is 2. The number of carbonyl (C=O) groups is 3. The Morgan fingerprint density at radius 2 is 1.37 bits per heavy atom. The largest absolute Gasteiger partial charge is 0.375 e. The van der Waals surface area contributed by atoms with Crippen LogP contribution in [0.3, 0.4) is 0 Å². The summed E-state index contributed by atoms with van der Waals surface area (Å²) in [4.78, 5) is 60.7. The Morgan fingerprint density at radius 1 is 0.831 bits per heavy atom. The first-order valence-corrected chi connectivity index (χ1v) is 22.8. The standard InChI is InChI=1S/C27H36N6O4S.C12H15ClN4O2S.CH4/c1-32-16-20(8-9-23(32)35)29-25-24-21(10-15-38(24)36)30-26(31-25)33-13-11-27(12-14-33,18-28-22(34)17-37-2)19-6-4-3-5-7-19;1-17-6-7(2-3-9(17)18)14-11-10-8(4-5-20(10)19)15-12(13)16-11;/h3-7,20H,8-18H2,1-2H3,(H,28,34)(H,29,30,31);7H,2-6H2,1H3,(H,14,15,16);1H4/t20-,38?;7-,20?;/m00./s1. The molecule has 3 saturated heterocycles. The highest BCUT2D eigenvalue weighted by Gasteiger charge is 2.38. The number of ether oxygens (including phenoxy) is 1. The van der Waals surface area contributed by atoms with E-state index < -0.39 is 21.6 Å². The van der Waals surface area contributed by atoms with Crippen molar-refractivity contribution in [2.24, 2.45) is 0 Å². The van der Waals surface area contributed by atoms with E-state index in [2.05, 4.69) is 43.0 Å². The van der Waals surface area contributed by atoms with E-state index >= 15 is 0 Å². The molecule has 8 rings (SSSR count). The molecule has 3 N–H and O–H groups in total. The van der Waals surface area contributed by atoms with Crippen LogP contribution in [0.2, 0.25) is 5.28 Å². The second-order valence-electron chi connectivity index (χ2n) is 15.5. The summed E-state index contributed by atoms with van der Waals surface area (Å²) in [6.45, 7) is 3.26. The molecule has 3 amide bonds. The number of fused-ring (bicyclic) bond motifs is 2. The summed E-state index contributed by atoms with van der Waals surface area (Å²) in [7, 11) is 2.93. The monoisotopic (exact) mass is 870 g/mol. The van der Waals surface area contributed by atoms with Crippen molar-refractivity contribution < 1.29 is 27.5 Å². The van der Waals surface area contributed by atoms with Crippen LogP contribution < -0.4 is 20.9 Å². The summed E-state index contributed by atoms with van der Waals surface area (Å²) < 4.78 is 29.9. The van der Waals surface area contributed by atoms with Gasteiger partial charge in [-0.15, -0.1) is 0 Å². The Balaban J connectivity index is 0.000000234. The molecule has 1 aromatic carbocycles. The molecular weight excluding hydrogens is 816 g/mol. The van der Waals surface area contributed by atoms with Crippen molar-refractivity contribution in [3.63, 3.8) is 0 Å². The molecule has 0 radical (unpaired) electrons. The van der Waals surface area contributed by atoms with Crippen molar-refractivity contribution in [1.82, 2.24) is 35.1 Å². The van der Waals surface area contributed by atoms with Crippen molar-refractivity contribution in [1.29, 1.82) is 0 Å². The highest BCUT2D eigenvalue weighted by molar-refractivity contribution is 7.85. The van der Waals surface area contributed by atoms with Gasteiger partial charge in [-0.1, -0.05) is 37.8 Å². The van der Waals surface area contributed by atoms with Crippen LogP contribution in [0.1, 0.15) is 62.9 Å². The van der Waals surface area contributed by atoms with Crippen LogP contribution in [0.25, 0.3) is 0 Å². The van der Waals surface area contributed by atoms with Crippen molar-refractivity contribution in [2.45, 2.75) is 86.1 Å². The van der Waals surface area contributed by atoms with Crippen LogP contribution in [0.15, 0.2) is 40.1 Å². The average molecular weight is 872 g/mol. The third kappa shape index (κ3) is 10.2. The normalized spacial score (nSPS) is 23.4. The second kappa shape index (κ2) is 19.4. The zero-order valence-electron chi connectivity index (χ0n) is 33.1. The van der Waals surface area contributed by atoms with E-state index in [1.165, 1.54) is 12.7 Å². The average Bonchev–Trinajstić information content (AvgIpc) is 3.79. The number of carbonyl (C=O) groups excluding carboxylic acids is 3. The zero-order chi connectivity index (χ0) is 41.0. The van der Waals surface area contributed by atoms with Gasteiger partial charge in [0.25, 0.3) is 0 Å². The van der Waals surface area contributed by atoms with Crippen LogP contribution in [-0.2, 0) is 59.0 Å². The van der Waals surface area contributed by atoms with E-state index in [9.17, 15) is 22.8 Å². The number of rotatable bonds is 10.